The average molecular weight is 491 g/mol. The van der Waals surface area contributed by atoms with Crippen LogP contribution in [0.4, 0.5) is 4.39 Å². The molecule has 0 aliphatic carbocycles. The van der Waals surface area contributed by atoms with Crippen LogP contribution in [-0.2, 0) is 31.3 Å². The molecule has 2 aromatic rings. The van der Waals surface area contributed by atoms with E-state index < -0.39 is 15.4 Å². The van der Waals surface area contributed by atoms with Crippen LogP contribution in [0.1, 0.15) is 41.3 Å². The number of rotatable bonds is 7. The summed E-state index contributed by atoms with van der Waals surface area (Å²) in [5, 5.41) is 2.98. The molecule has 184 valence electrons. The minimum absolute atomic E-state index is 0.162. The molecule has 1 N–H and O–H groups in total. The Balaban J connectivity index is 1.57. The van der Waals surface area contributed by atoms with Gasteiger partial charge in [0, 0.05) is 43.8 Å². The van der Waals surface area contributed by atoms with Crippen LogP contribution in [0.3, 0.4) is 0 Å². The molecular formula is C25H31FN2O5S. The van der Waals surface area contributed by atoms with E-state index >= 15 is 0 Å². The average Bonchev–Trinajstić information content (AvgIpc) is 2.88. The lowest BCUT2D eigenvalue weighted by molar-refractivity contribution is 0.0486. The van der Waals surface area contributed by atoms with Crippen LogP contribution in [0.5, 0.6) is 0 Å². The summed E-state index contributed by atoms with van der Waals surface area (Å²) in [6, 6.07) is 11.3. The third kappa shape index (κ3) is 5.17. The summed E-state index contributed by atoms with van der Waals surface area (Å²) in [5.41, 5.74) is 1.34. The third-order valence-corrected chi connectivity index (χ3v) is 8.75. The molecule has 2 aliphatic heterocycles. The lowest BCUT2D eigenvalue weighted by Gasteiger charge is -2.38. The zero-order valence-corrected chi connectivity index (χ0v) is 20.2. The summed E-state index contributed by atoms with van der Waals surface area (Å²) in [6.07, 6.45) is 1.84. The zero-order chi connectivity index (χ0) is 24.2. The number of halogens is 1. The van der Waals surface area contributed by atoms with Crippen molar-refractivity contribution < 1.29 is 27.1 Å². The first-order valence-electron chi connectivity index (χ1n) is 11.7. The Labute approximate surface area is 200 Å². The highest BCUT2D eigenvalue weighted by molar-refractivity contribution is 7.89. The van der Waals surface area contributed by atoms with Crippen molar-refractivity contribution >= 4 is 15.9 Å². The van der Waals surface area contributed by atoms with Gasteiger partial charge in [-0.05, 0) is 54.7 Å². The number of carbonyl (C=O) groups is 1. The Morgan fingerprint density at radius 3 is 2.44 bits per heavy atom. The molecular weight excluding hydrogens is 459 g/mol. The van der Waals surface area contributed by atoms with Gasteiger partial charge in [-0.1, -0.05) is 25.1 Å². The molecule has 1 amide bonds. The van der Waals surface area contributed by atoms with E-state index in [1.54, 1.807) is 18.2 Å². The largest absolute Gasteiger partial charge is 0.381 e. The van der Waals surface area contributed by atoms with Gasteiger partial charge in [0.2, 0.25) is 10.0 Å². The van der Waals surface area contributed by atoms with E-state index in [-0.39, 0.29) is 22.2 Å². The second kappa shape index (κ2) is 10.5. The van der Waals surface area contributed by atoms with Crippen molar-refractivity contribution in [2.75, 3.05) is 46.1 Å². The molecule has 34 heavy (non-hydrogen) atoms. The molecule has 0 aromatic heterocycles. The first-order valence-corrected chi connectivity index (χ1v) is 13.1. The van der Waals surface area contributed by atoms with Crippen molar-refractivity contribution in [1.82, 2.24) is 9.62 Å². The maximum Gasteiger partial charge on any atom is 0.251 e. The SMILES string of the molecule is CCc1ccc(C(=O)NCC2(c3cccc(F)c3)CCOCC2)cc1S(=O)(=O)N1CCOCC1. The Kier molecular flexibility index (Phi) is 7.67. The minimum atomic E-state index is -3.74. The number of benzene rings is 2. The second-order valence-corrected chi connectivity index (χ2v) is 10.7. The first-order chi connectivity index (χ1) is 16.4. The van der Waals surface area contributed by atoms with Crippen molar-refractivity contribution in [3.63, 3.8) is 0 Å². The number of nitrogens with zero attached hydrogens (tertiary/aromatic N) is 1. The van der Waals surface area contributed by atoms with Crippen molar-refractivity contribution in [2.24, 2.45) is 0 Å². The fourth-order valence-corrected chi connectivity index (χ4v) is 6.38. The Hall–Kier alpha value is -2.33. The number of aryl methyl sites for hydroxylation is 1. The lowest BCUT2D eigenvalue weighted by Crippen LogP contribution is -2.44. The highest BCUT2D eigenvalue weighted by Gasteiger charge is 2.35. The summed E-state index contributed by atoms with van der Waals surface area (Å²) in [7, 11) is -3.74. The second-order valence-electron chi connectivity index (χ2n) is 8.78. The summed E-state index contributed by atoms with van der Waals surface area (Å²) in [4.78, 5) is 13.3. The summed E-state index contributed by atoms with van der Waals surface area (Å²) in [6.45, 7) is 4.54. The first kappa shape index (κ1) is 24.8. The predicted molar refractivity (Wildman–Crippen MR) is 126 cm³/mol. The summed E-state index contributed by atoms with van der Waals surface area (Å²) in [5.74, 6) is -0.675. The normalized spacial score (nSPS) is 19.0. The Morgan fingerprint density at radius 1 is 1.06 bits per heavy atom. The number of hydrogen-bond donors (Lipinski definition) is 1. The summed E-state index contributed by atoms with van der Waals surface area (Å²) < 4.78 is 52.8. The van der Waals surface area contributed by atoms with Crippen LogP contribution in [0.15, 0.2) is 47.4 Å². The molecule has 2 heterocycles. The van der Waals surface area contributed by atoms with E-state index in [1.165, 1.54) is 22.5 Å². The maximum atomic E-state index is 13.9. The molecule has 2 aromatic carbocycles. The highest BCUT2D eigenvalue weighted by atomic mass is 32.2. The van der Waals surface area contributed by atoms with Crippen LogP contribution in [0.2, 0.25) is 0 Å². The van der Waals surface area contributed by atoms with Gasteiger partial charge < -0.3 is 14.8 Å². The molecule has 4 rings (SSSR count). The smallest absolute Gasteiger partial charge is 0.251 e. The van der Waals surface area contributed by atoms with E-state index in [9.17, 15) is 17.6 Å². The van der Waals surface area contributed by atoms with Crippen molar-refractivity contribution in [2.45, 2.75) is 36.5 Å². The van der Waals surface area contributed by atoms with Crippen LogP contribution >= 0.6 is 0 Å². The molecule has 2 saturated heterocycles. The minimum Gasteiger partial charge on any atom is -0.381 e. The quantitative estimate of drug-likeness (QED) is 0.645. The van der Waals surface area contributed by atoms with E-state index in [0.717, 1.165) is 5.56 Å². The van der Waals surface area contributed by atoms with Gasteiger partial charge in [0.25, 0.3) is 5.91 Å². The Morgan fingerprint density at radius 2 is 1.76 bits per heavy atom. The van der Waals surface area contributed by atoms with Crippen molar-refractivity contribution in [1.29, 1.82) is 0 Å². The van der Waals surface area contributed by atoms with Crippen LogP contribution < -0.4 is 5.32 Å². The number of nitrogens with one attached hydrogen (secondary N) is 1. The maximum absolute atomic E-state index is 13.9. The van der Waals surface area contributed by atoms with Gasteiger partial charge in [-0.15, -0.1) is 0 Å². The van der Waals surface area contributed by atoms with Crippen LogP contribution in [0.25, 0.3) is 0 Å². The van der Waals surface area contributed by atoms with Gasteiger partial charge in [-0.2, -0.15) is 4.31 Å². The van der Waals surface area contributed by atoms with Gasteiger partial charge in [0.15, 0.2) is 0 Å². The Bertz CT molecular complexity index is 1130. The standard InChI is InChI=1S/C25H31FN2O5S/c1-2-19-6-7-20(16-23(19)34(30,31)28-10-14-33-15-11-28)24(29)27-18-25(8-12-32-13-9-25)21-4-3-5-22(26)17-21/h3-7,16-17H,2,8-15,18H2,1H3,(H,27,29). The molecule has 2 aliphatic rings. The van der Waals surface area contributed by atoms with E-state index in [1.807, 2.05) is 13.0 Å². The van der Waals surface area contributed by atoms with E-state index in [0.29, 0.717) is 70.9 Å². The number of hydrogen-bond acceptors (Lipinski definition) is 5. The van der Waals surface area contributed by atoms with Crippen LogP contribution in [0, 0.1) is 5.82 Å². The number of sulfonamides is 1. The summed E-state index contributed by atoms with van der Waals surface area (Å²) >= 11 is 0. The molecule has 0 bridgehead atoms. The molecule has 7 nitrogen and oxygen atoms in total. The van der Waals surface area contributed by atoms with Gasteiger partial charge in [-0.25, -0.2) is 12.8 Å². The molecule has 0 saturated carbocycles. The molecule has 9 heteroatoms. The van der Waals surface area contributed by atoms with Crippen LogP contribution in [-0.4, -0.2) is 64.7 Å². The molecule has 2 fully saturated rings. The highest BCUT2D eigenvalue weighted by Crippen LogP contribution is 2.35. The number of morpholine rings is 1. The van der Waals surface area contributed by atoms with Gasteiger partial charge in [0.1, 0.15) is 5.82 Å². The number of ether oxygens (including phenoxy) is 2. The van der Waals surface area contributed by atoms with E-state index in [2.05, 4.69) is 5.32 Å². The fraction of sp³-hybridized carbons (Fsp3) is 0.480. The monoisotopic (exact) mass is 490 g/mol. The molecule has 0 atom stereocenters. The molecule has 0 spiro atoms. The topological polar surface area (TPSA) is 84.9 Å². The van der Waals surface area contributed by atoms with E-state index in [4.69, 9.17) is 9.47 Å². The lowest BCUT2D eigenvalue weighted by atomic mass is 9.74. The fourth-order valence-electron chi connectivity index (χ4n) is 4.65. The van der Waals surface area contributed by atoms with Crippen molar-refractivity contribution in [3.8, 4) is 0 Å². The van der Waals surface area contributed by atoms with Gasteiger partial charge >= 0.3 is 0 Å². The molecule has 0 unspecified atom stereocenters. The number of carbonyl (C=O) groups excluding carboxylic acids is 1. The zero-order valence-electron chi connectivity index (χ0n) is 19.4. The number of amides is 1. The third-order valence-electron chi connectivity index (χ3n) is 6.77. The van der Waals surface area contributed by atoms with Crippen molar-refractivity contribution in [3.05, 3.63) is 65.0 Å². The van der Waals surface area contributed by atoms with Gasteiger partial charge in [0.05, 0.1) is 18.1 Å². The van der Waals surface area contributed by atoms with Gasteiger partial charge in [-0.3, -0.25) is 4.79 Å². The molecule has 0 radical (unpaired) electrons. The predicted octanol–water partition coefficient (Wildman–Crippen LogP) is 2.89.